The fourth-order valence-corrected chi connectivity index (χ4v) is 3.08. The molecular weight excluding hydrogens is 326 g/mol. The maximum atomic E-state index is 12.7. The van der Waals surface area contributed by atoms with Gasteiger partial charge in [0, 0.05) is 23.3 Å². The first-order valence-corrected chi connectivity index (χ1v) is 8.52. The minimum atomic E-state index is -0.116. The van der Waals surface area contributed by atoms with Crippen LogP contribution in [0.3, 0.4) is 0 Å². The zero-order valence-corrected chi connectivity index (χ0v) is 15.5. The highest BCUT2D eigenvalue weighted by Crippen LogP contribution is 2.23. The summed E-state index contributed by atoms with van der Waals surface area (Å²) >= 11 is 0. The van der Waals surface area contributed by atoms with Crippen molar-refractivity contribution in [2.24, 2.45) is 0 Å². The lowest BCUT2D eigenvalue weighted by Crippen LogP contribution is -2.14. The van der Waals surface area contributed by atoms with Crippen LogP contribution in [0.4, 0.5) is 5.69 Å². The molecule has 5 heteroatoms. The first kappa shape index (κ1) is 17.7. The summed E-state index contributed by atoms with van der Waals surface area (Å²) in [5, 5.41) is 2.97. The van der Waals surface area contributed by atoms with Gasteiger partial charge in [-0.15, -0.1) is 0 Å². The first-order chi connectivity index (χ1) is 12.5. The Morgan fingerprint density at radius 1 is 1.15 bits per heavy atom. The number of benzene rings is 1. The first-order valence-electron chi connectivity index (χ1n) is 8.52. The molecule has 5 nitrogen and oxygen atoms in total. The number of ether oxygens (including phenoxy) is 1. The fraction of sp³-hybridized carbons (Fsp3) is 0.238. The minimum Gasteiger partial charge on any atom is -0.496 e. The Hall–Kier alpha value is -3.08. The number of carbonyl (C=O) groups is 1. The van der Waals surface area contributed by atoms with Crippen LogP contribution in [-0.4, -0.2) is 22.6 Å². The molecule has 26 heavy (non-hydrogen) atoms. The molecule has 0 saturated heterocycles. The maximum absolute atomic E-state index is 12.7. The molecule has 1 aromatic carbocycles. The summed E-state index contributed by atoms with van der Waals surface area (Å²) in [4.78, 5) is 17.1. The highest BCUT2D eigenvalue weighted by atomic mass is 16.5. The van der Waals surface area contributed by atoms with Crippen molar-refractivity contribution in [1.82, 2.24) is 9.55 Å². The van der Waals surface area contributed by atoms with Gasteiger partial charge in [0.05, 0.1) is 24.9 Å². The number of amides is 1. The van der Waals surface area contributed by atoms with Gasteiger partial charge in [0.15, 0.2) is 0 Å². The predicted octanol–water partition coefficient (Wildman–Crippen LogP) is 4.12. The predicted molar refractivity (Wildman–Crippen MR) is 103 cm³/mol. The maximum Gasteiger partial charge on any atom is 0.257 e. The van der Waals surface area contributed by atoms with Crippen LogP contribution in [0.5, 0.6) is 5.75 Å². The third-order valence-corrected chi connectivity index (χ3v) is 4.52. The molecule has 0 atom stereocenters. The molecule has 0 bridgehead atoms. The zero-order valence-electron chi connectivity index (χ0n) is 15.5. The molecule has 0 spiro atoms. The number of rotatable bonds is 5. The second kappa shape index (κ2) is 7.44. The number of methoxy groups -OCH3 is 1. The van der Waals surface area contributed by atoms with Crippen LogP contribution in [-0.2, 0) is 6.54 Å². The average molecular weight is 349 g/mol. The lowest BCUT2D eigenvalue weighted by Gasteiger charge is -2.10. The number of hydrogen-bond acceptors (Lipinski definition) is 3. The van der Waals surface area contributed by atoms with Crippen LogP contribution >= 0.6 is 0 Å². The molecule has 0 saturated carbocycles. The third kappa shape index (κ3) is 3.61. The van der Waals surface area contributed by atoms with Crippen LogP contribution in [0.2, 0.25) is 0 Å². The van der Waals surface area contributed by atoms with Crippen LogP contribution < -0.4 is 10.1 Å². The van der Waals surface area contributed by atoms with E-state index in [0.717, 1.165) is 34.1 Å². The van der Waals surface area contributed by atoms with Gasteiger partial charge in [0.25, 0.3) is 5.91 Å². The fourth-order valence-electron chi connectivity index (χ4n) is 3.08. The highest BCUT2D eigenvalue weighted by Gasteiger charge is 2.16. The van der Waals surface area contributed by atoms with Crippen molar-refractivity contribution in [3.63, 3.8) is 0 Å². The van der Waals surface area contributed by atoms with Crippen molar-refractivity contribution >= 4 is 11.6 Å². The largest absolute Gasteiger partial charge is 0.496 e. The third-order valence-electron chi connectivity index (χ3n) is 4.52. The van der Waals surface area contributed by atoms with E-state index >= 15 is 0 Å². The van der Waals surface area contributed by atoms with Gasteiger partial charge >= 0.3 is 0 Å². The molecule has 0 unspecified atom stereocenters. The number of aryl methyl sites for hydroxylation is 2. The summed E-state index contributed by atoms with van der Waals surface area (Å²) in [6.45, 7) is 6.56. The average Bonchev–Trinajstić information content (AvgIpc) is 2.91. The molecule has 2 heterocycles. The summed E-state index contributed by atoms with van der Waals surface area (Å²) < 4.78 is 7.37. The van der Waals surface area contributed by atoms with Gasteiger partial charge in [0.1, 0.15) is 5.75 Å². The zero-order chi connectivity index (χ0) is 18.7. The molecular formula is C21H23N3O2. The van der Waals surface area contributed by atoms with E-state index in [2.05, 4.69) is 14.9 Å². The standard InChI is InChI=1S/C21H23N3O2/c1-14-11-17(8-9-20(14)26-4)23-21(25)19-12-15(2)24(16(19)3)13-18-7-5-6-10-22-18/h5-12H,13H2,1-4H3,(H,23,25). The molecule has 2 aromatic heterocycles. The number of nitrogens with one attached hydrogen (secondary N) is 1. The summed E-state index contributed by atoms with van der Waals surface area (Å²) in [6.07, 6.45) is 1.78. The van der Waals surface area contributed by atoms with Crippen LogP contribution in [0, 0.1) is 20.8 Å². The van der Waals surface area contributed by atoms with Gasteiger partial charge in [-0.25, -0.2) is 0 Å². The van der Waals surface area contributed by atoms with Crippen LogP contribution in [0.15, 0.2) is 48.7 Å². The van der Waals surface area contributed by atoms with Crippen LogP contribution in [0.1, 0.15) is 33.0 Å². The normalized spacial score (nSPS) is 10.6. The summed E-state index contributed by atoms with van der Waals surface area (Å²) in [5.74, 6) is 0.687. The molecule has 0 aliphatic heterocycles. The van der Waals surface area contributed by atoms with Crippen molar-refractivity contribution in [3.05, 3.63) is 76.9 Å². The van der Waals surface area contributed by atoms with Gasteiger partial charge in [0.2, 0.25) is 0 Å². The Bertz CT molecular complexity index is 930. The smallest absolute Gasteiger partial charge is 0.257 e. The van der Waals surface area contributed by atoms with E-state index in [4.69, 9.17) is 4.74 Å². The van der Waals surface area contributed by atoms with Gasteiger partial charge in [-0.3, -0.25) is 9.78 Å². The van der Waals surface area contributed by atoms with E-state index in [-0.39, 0.29) is 5.91 Å². The Kier molecular flexibility index (Phi) is 5.07. The van der Waals surface area contributed by atoms with Gasteiger partial charge < -0.3 is 14.6 Å². The SMILES string of the molecule is COc1ccc(NC(=O)c2cc(C)n(Cc3ccccn3)c2C)cc1C. The number of hydrogen-bond donors (Lipinski definition) is 1. The lowest BCUT2D eigenvalue weighted by molar-refractivity contribution is 0.102. The number of aromatic nitrogens is 2. The molecule has 1 N–H and O–H groups in total. The molecule has 0 fully saturated rings. The summed E-state index contributed by atoms with van der Waals surface area (Å²) in [5.41, 5.74) is 5.33. The van der Waals surface area contributed by atoms with Gasteiger partial charge in [-0.05, 0) is 62.7 Å². The van der Waals surface area contributed by atoms with Crippen molar-refractivity contribution in [2.45, 2.75) is 27.3 Å². The van der Waals surface area contributed by atoms with E-state index in [9.17, 15) is 4.79 Å². The second-order valence-electron chi connectivity index (χ2n) is 6.33. The molecule has 3 aromatic rings. The van der Waals surface area contributed by atoms with E-state index in [1.807, 2.05) is 63.2 Å². The Balaban J connectivity index is 1.82. The second-order valence-corrected chi connectivity index (χ2v) is 6.33. The Morgan fingerprint density at radius 3 is 2.62 bits per heavy atom. The molecule has 3 rings (SSSR count). The Labute approximate surface area is 153 Å². The molecule has 0 radical (unpaired) electrons. The topological polar surface area (TPSA) is 56.1 Å². The van der Waals surface area contributed by atoms with Gasteiger partial charge in [-0.2, -0.15) is 0 Å². The van der Waals surface area contributed by atoms with E-state index in [0.29, 0.717) is 12.1 Å². The lowest BCUT2D eigenvalue weighted by atomic mass is 10.2. The highest BCUT2D eigenvalue weighted by molar-refractivity contribution is 6.05. The Morgan fingerprint density at radius 2 is 1.96 bits per heavy atom. The van der Waals surface area contributed by atoms with Crippen LogP contribution in [0.25, 0.3) is 0 Å². The summed E-state index contributed by atoms with van der Waals surface area (Å²) in [7, 11) is 1.64. The summed E-state index contributed by atoms with van der Waals surface area (Å²) in [6, 6.07) is 13.4. The number of anilines is 1. The van der Waals surface area contributed by atoms with Crippen molar-refractivity contribution < 1.29 is 9.53 Å². The molecule has 134 valence electrons. The van der Waals surface area contributed by atoms with E-state index in [1.165, 1.54) is 0 Å². The monoisotopic (exact) mass is 349 g/mol. The number of pyridine rings is 1. The number of carbonyl (C=O) groups excluding carboxylic acids is 1. The van der Waals surface area contributed by atoms with E-state index in [1.54, 1.807) is 13.3 Å². The van der Waals surface area contributed by atoms with E-state index < -0.39 is 0 Å². The molecule has 1 amide bonds. The molecule has 0 aliphatic carbocycles. The molecule has 0 aliphatic rings. The van der Waals surface area contributed by atoms with Gasteiger partial charge in [-0.1, -0.05) is 6.07 Å². The van der Waals surface area contributed by atoms with Crippen molar-refractivity contribution in [1.29, 1.82) is 0 Å². The minimum absolute atomic E-state index is 0.116. The van der Waals surface area contributed by atoms with Crippen molar-refractivity contribution in [2.75, 3.05) is 12.4 Å². The quantitative estimate of drug-likeness (QED) is 0.754. The number of nitrogens with zero attached hydrogens (tertiary/aromatic N) is 2. The van der Waals surface area contributed by atoms with Crippen molar-refractivity contribution in [3.8, 4) is 5.75 Å².